The SMILES string of the molecule is C[C@@H](COC(=O)OC(C)(C)C)OC(=O)[C@@H](N)Cc1ccc(OC(=O)OC(C)(C)C)c(OC(=O)OC(C)(C)C)c1. The van der Waals surface area contributed by atoms with Crippen molar-refractivity contribution in [2.24, 2.45) is 5.73 Å². The minimum atomic E-state index is -1.11. The Hall–Kier alpha value is -3.54. The first kappa shape index (κ1) is 33.5. The molecule has 0 saturated heterocycles. The molecule has 0 aromatic heterocycles. The second-order valence-corrected chi connectivity index (χ2v) is 11.7. The molecule has 2 N–H and O–H groups in total. The van der Waals surface area contributed by atoms with Gasteiger partial charge in [0.1, 0.15) is 35.6 Å². The molecule has 2 atom stereocenters. The van der Waals surface area contributed by atoms with Crippen LogP contribution in [0.15, 0.2) is 18.2 Å². The molecule has 0 fully saturated rings. The highest BCUT2D eigenvalue weighted by atomic mass is 16.8. The monoisotopic (exact) mass is 555 g/mol. The summed E-state index contributed by atoms with van der Waals surface area (Å²) in [6.07, 6.45) is -3.73. The van der Waals surface area contributed by atoms with Gasteiger partial charge in [-0.1, -0.05) is 6.07 Å². The molecule has 12 nitrogen and oxygen atoms in total. The first-order chi connectivity index (χ1) is 17.6. The zero-order chi connectivity index (χ0) is 30.2. The third-order valence-electron chi connectivity index (χ3n) is 4.07. The molecule has 0 aliphatic rings. The second kappa shape index (κ2) is 13.5. The third kappa shape index (κ3) is 14.8. The van der Waals surface area contributed by atoms with Crippen LogP contribution in [0.3, 0.4) is 0 Å². The van der Waals surface area contributed by atoms with E-state index in [0.29, 0.717) is 5.56 Å². The topological polar surface area (TPSA) is 159 Å². The Morgan fingerprint density at radius 3 is 1.69 bits per heavy atom. The number of benzene rings is 1. The van der Waals surface area contributed by atoms with E-state index >= 15 is 0 Å². The van der Waals surface area contributed by atoms with Crippen molar-refractivity contribution in [3.8, 4) is 11.5 Å². The zero-order valence-corrected chi connectivity index (χ0v) is 24.4. The van der Waals surface area contributed by atoms with Gasteiger partial charge >= 0.3 is 24.4 Å². The van der Waals surface area contributed by atoms with Crippen molar-refractivity contribution in [3.63, 3.8) is 0 Å². The van der Waals surface area contributed by atoms with E-state index in [-0.39, 0.29) is 24.5 Å². The summed E-state index contributed by atoms with van der Waals surface area (Å²) in [5, 5.41) is 0. The van der Waals surface area contributed by atoms with Gasteiger partial charge in [-0.25, -0.2) is 14.4 Å². The molecular formula is C27H41NO11. The van der Waals surface area contributed by atoms with Crippen LogP contribution >= 0.6 is 0 Å². The van der Waals surface area contributed by atoms with Gasteiger partial charge < -0.3 is 38.9 Å². The number of rotatable bonds is 8. The van der Waals surface area contributed by atoms with Gasteiger partial charge in [0, 0.05) is 0 Å². The standard InChI is InChI=1S/C27H41NO11/c1-16(15-33-22(30)37-25(2,3)4)34-21(29)18(28)13-17-11-12-19(35-23(31)38-26(5,6)7)20(14-17)36-24(32)39-27(8,9)10/h11-12,14,16,18H,13,15,28H2,1-10H3/t16-,18-/m0/s1. The normalized spacial score (nSPS) is 13.4. The Labute approximate surface area is 229 Å². The molecule has 220 valence electrons. The lowest BCUT2D eigenvalue weighted by atomic mass is 10.1. The van der Waals surface area contributed by atoms with E-state index in [1.165, 1.54) is 25.1 Å². The molecule has 0 heterocycles. The van der Waals surface area contributed by atoms with Gasteiger partial charge in [-0.3, -0.25) is 4.79 Å². The Bertz CT molecular complexity index is 1020. The quantitative estimate of drug-likeness (QED) is 0.258. The largest absolute Gasteiger partial charge is 0.514 e. The summed E-state index contributed by atoms with van der Waals surface area (Å²) in [5.41, 5.74) is 4.11. The highest BCUT2D eigenvalue weighted by molar-refractivity contribution is 5.76. The molecular weight excluding hydrogens is 514 g/mol. The van der Waals surface area contributed by atoms with Crippen molar-refractivity contribution in [3.05, 3.63) is 23.8 Å². The third-order valence-corrected chi connectivity index (χ3v) is 4.07. The molecule has 0 spiro atoms. The van der Waals surface area contributed by atoms with E-state index in [2.05, 4.69) is 0 Å². The van der Waals surface area contributed by atoms with Crippen molar-refractivity contribution in [2.75, 3.05) is 6.61 Å². The summed E-state index contributed by atoms with van der Waals surface area (Å²) in [4.78, 5) is 48.6. The lowest BCUT2D eigenvalue weighted by Gasteiger charge is -2.21. The van der Waals surface area contributed by atoms with Gasteiger partial charge in [-0.15, -0.1) is 0 Å². The Balaban J connectivity index is 2.92. The lowest BCUT2D eigenvalue weighted by Crippen LogP contribution is -2.37. The van der Waals surface area contributed by atoms with E-state index in [0.717, 1.165) is 0 Å². The van der Waals surface area contributed by atoms with Crippen LogP contribution in [0.25, 0.3) is 0 Å². The minimum Gasteiger partial charge on any atom is -0.458 e. The molecule has 0 radical (unpaired) electrons. The highest BCUT2D eigenvalue weighted by Gasteiger charge is 2.25. The molecule has 1 rings (SSSR count). The van der Waals surface area contributed by atoms with Crippen LogP contribution in [0.4, 0.5) is 14.4 Å². The van der Waals surface area contributed by atoms with Crippen LogP contribution < -0.4 is 15.2 Å². The van der Waals surface area contributed by atoms with Gasteiger partial charge in [0.15, 0.2) is 11.5 Å². The van der Waals surface area contributed by atoms with E-state index in [1.807, 2.05) is 0 Å². The van der Waals surface area contributed by atoms with Crippen molar-refractivity contribution < 1.29 is 52.3 Å². The van der Waals surface area contributed by atoms with E-state index < -0.39 is 53.4 Å². The number of ether oxygens (including phenoxy) is 7. The average Bonchev–Trinajstić information content (AvgIpc) is 2.70. The number of hydrogen-bond donors (Lipinski definition) is 1. The Morgan fingerprint density at radius 1 is 0.744 bits per heavy atom. The van der Waals surface area contributed by atoms with Crippen molar-refractivity contribution in [1.82, 2.24) is 0 Å². The maximum atomic E-state index is 12.5. The summed E-state index contributed by atoms with van der Waals surface area (Å²) in [6, 6.07) is 3.17. The minimum absolute atomic E-state index is 0.0180. The highest BCUT2D eigenvalue weighted by Crippen LogP contribution is 2.31. The second-order valence-electron chi connectivity index (χ2n) is 11.7. The summed E-state index contributed by atoms with van der Waals surface area (Å²) < 4.78 is 36.1. The van der Waals surface area contributed by atoms with Crippen molar-refractivity contribution in [2.45, 2.75) is 105 Å². The van der Waals surface area contributed by atoms with Crippen LogP contribution in [0.2, 0.25) is 0 Å². The van der Waals surface area contributed by atoms with E-state index in [4.69, 9.17) is 38.9 Å². The number of carbonyl (C=O) groups excluding carboxylic acids is 4. The van der Waals surface area contributed by atoms with Crippen LogP contribution in [0, 0.1) is 0 Å². The molecule has 0 amide bonds. The van der Waals surface area contributed by atoms with E-state index in [9.17, 15) is 19.2 Å². The Kier molecular flexibility index (Phi) is 11.6. The smallest absolute Gasteiger partial charge is 0.458 e. The fourth-order valence-electron chi connectivity index (χ4n) is 2.69. The predicted octanol–water partition coefficient (Wildman–Crippen LogP) is 5.07. The first-order valence-corrected chi connectivity index (χ1v) is 12.4. The summed E-state index contributed by atoms with van der Waals surface area (Å²) in [6.45, 7) is 16.4. The summed E-state index contributed by atoms with van der Waals surface area (Å²) in [7, 11) is 0. The van der Waals surface area contributed by atoms with Gasteiger partial charge in [-0.05, 0) is 93.4 Å². The molecule has 1 aromatic rings. The van der Waals surface area contributed by atoms with Crippen LogP contribution in [-0.4, -0.2) is 60.0 Å². The summed E-state index contributed by atoms with van der Waals surface area (Å²) in [5.74, 6) is -1.01. The fraction of sp³-hybridized carbons (Fsp3) is 0.630. The molecule has 0 bridgehead atoms. The average molecular weight is 556 g/mol. The van der Waals surface area contributed by atoms with Crippen molar-refractivity contribution in [1.29, 1.82) is 0 Å². The maximum Gasteiger partial charge on any atom is 0.514 e. The Morgan fingerprint density at radius 2 is 1.21 bits per heavy atom. The van der Waals surface area contributed by atoms with E-state index in [1.54, 1.807) is 62.3 Å². The molecule has 1 aromatic carbocycles. The number of esters is 1. The molecule has 0 unspecified atom stereocenters. The molecule has 0 aliphatic heterocycles. The van der Waals surface area contributed by atoms with Gasteiger partial charge in [-0.2, -0.15) is 0 Å². The van der Waals surface area contributed by atoms with Crippen molar-refractivity contribution >= 4 is 24.4 Å². The molecule has 0 aliphatic carbocycles. The molecule has 12 heteroatoms. The van der Waals surface area contributed by atoms with Gasteiger partial charge in [0.2, 0.25) is 0 Å². The number of hydrogen-bond acceptors (Lipinski definition) is 12. The first-order valence-electron chi connectivity index (χ1n) is 12.4. The van der Waals surface area contributed by atoms with Crippen LogP contribution in [0.1, 0.15) is 74.8 Å². The van der Waals surface area contributed by atoms with Gasteiger partial charge in [0.25, 0.3) is 0 Å². The fourth-order valence-corrected chi connectivity index (χ4v) is 2.69. The molecule has 0 saturated carbocycles. The summed E-state index contributed by atoms with van der Waals surface area (Å²) >= 11 is 0. The van der Waals surface area contributed by atoms with Crippen LogP contribution in [0.5, 0.6) is 11.5 Å². The van der Waals surface area contributed by atoms with Crippen LogP contribution in [-0.2, 0) is 34.9 Å². The van der Waals surface area contributed by atoms with Gasteiger partial charge in [0.05, 0.1) is 0 Å². The predicted molar refractivity (Wildman–Crippen MR) is 140 cm³/mol. The maximum absolute atomic E-state index is 12.5. The molecule has 39 heavy (non-hydrogen) atoms. The number of carbonyl (C=O) groups is 4. The lowest BCUT2D eigenvalue weighted by molar-refractivity contribution is -0.152. The zero-order valence-electron chi connectivity index (χ0n) is 24.4. The number of nitrogens with two attached hydrogens (primary N) is 1.